The molecule has 1 saturated heterocycles. The van der Waals surface area contributed by atoms with Crippen molar-refractivity contribution in [2.75, 3.05) is 6.61 Å². The largest absolute Gasteiger partial charge is 0.372 e. The topological polar surface area (TPSA) is 59.4 Å². The predicted octanol–water partition coefficient (Wildman–Crippen LogP) is 6.22. The van der Waals surface area contributed by atoms with Gasteiger partial charge < -0.3 is 4.74 Å². The first-order chi connectivity index (χ1) is 16.4. The third kappa shape index (κ3) is 4.55. The van der Waals surface area contributed by atoms with E-state index in [4.69, 9.17) is 33.0 Å². The van der Waals surface area contributed by atoms with E-state index in [1.165, 1.54) is 6.42 Å². The fourth-order valence-electron chi connectivity index (χ4n) is 4.74. The third-order valence-electron chi connectivity index (χ3n) is 6.45. The van der Waals surface area contributed by atoms with Gasteiger partial charge in [0.2, 0.25) is 0 Å². The van der Waals surface area contributed by atoms with E-state index in [-0.39, 0.29) is 18.0 Å². The summed E-state index contributed by atoms with van der Waals surface area (Å²) in [4.78, 5) is 13.5. The number of ether oxygens (including phenoxy) is 1. The lowest BCUT2D eigenvalue weighted by Crippen LogP contribution is -2.54. The highest BCUT2D eigenvalue weighted by atomic mass is 35.5. The molecule has 1 amide bonds. The molecule has 34 heavy (non-hydrogen) atoms. The van der Waals surface area contributed by atoms with Crippen molar-refractivity contribution in [2.24, 2.45) is 0 Å². The van der Waals surface area contributed by atoms with Gasteiger partial charge in [-0.1, -0.05) is 29.6 Å². The van der Waals surface area contributed by atoms with Gasteiger partial charge in [-0.25, -0.2) is 9.69 Å². The zero-order chi connectivity index (χ0) is 23.8. The molecular weight excluding hydrogens is 491 g/mol. The first-order valence-electron chi connectivity index (χ1n) is 11.4. The molecule has 2 unspecified atom stereocenters. The standard InChI is InChI=1S/C25H26Cl2N4O2S/c1-15-4-3-5-16(2)30(15)29-25(32)23-20-13-33-12-18(10-17-8-9-34-14-17)24(20)31(28-23)22-7-6-19(26)11-21(22)27/h6-11,14-16H,3-5,12-13H2,1-2H3,(H,29,32). The molecule has 2 aromatic heterocycles. The number of hydrazine groups is 1. The fraction of sp³-hybridized carbons (Fsp3) is 0.360. The van der Waals surface area contributed by atoms with E-state index in [9.17, 15) is 4.79 Å². The summed E-state index contributed by atoms with van der Waals surface area (Å²) >= 11 is 14.4. The molecule has 2 aliphatic heterocycles. The van der Waals surface area contributed by atoms with Crippen LogP contribution in [0, 0.1) is 0 Å². The van der Waals surface area contributed by atoms with Crippen LogP contribution in [0.15, 0.2) is 35.0 Å². The number of hydrogen-bond acceptors (Lipinski definition) is 5. The highest BCUT2D eigenvalue weighted by molar-refractivity contribution is 7.08. The lowest BCUT2D eigenvalue weighted by atomic mass is 9.99. The van der Waals surface area contributed by atoms with E-state index in [0.717, 1.165) is 35.2 Å². The molecule has 0 spiro atoms. The van der Waals surface area contributed by atoms with Crippen LogP contribution in [0.25, 0.3) is 17.3 Å². The van der Waals surface area contributed by atoms with Crippen LogP contribution in [0.3, 0.4) is 0 Å². The number of piperidine rings is 1. The molecule has 3 aromatic rings. The maximum Gasteiger partial charge on any atom is 0.286 e. The molecular formula is C25H26Cl2N4O2S. The summed E-state index contributed by atoms with van der Waals surface area (Å²) in [6, 6.07) is 7.87. The van der Waals surface area contributed by atoms with E-state index in [1.807, 2.05) is 11.4 Å². The second-order valence-corrected chi connectivity index (χ2v) is 10.5. The van der Waals surface area contributed by atoms with Crippen LogP contribution in [0.4, 0.5) is 0 Å². The number of carbonyl (C=O) groups is 1. The van der Waals surface area contributed by atoms with Crippen molar-refractivity contribution in [1.29, 1.82) is 0 Å². The van der Waals surface area contributed by atoms with Crippen molar-refractivity contribution < 1.29 is 9.53 Å². The second kappa shape index (κ2) is 9.84. The highest BCUT2D eigenvalue weighted by Crippen LogP contribution is 2.35. The minimum Gasteiger partial charge on any atom is -0.372 e. The molecule has 2 atom stereocenters. The minimum atomic E-state index is -0.235. The number of carbonyl (C=O) groups excluding carboxylic acids is 1. The Morgan fingerprint density at radius 2 is 2.00 bits per heavy atom. The van der Waals surface area contributed by atoms with E-state index in [2.05, 4.69) is 41.8 Å². The number of nitrogens with zero attached hydrogens (tertiary/aromatic N) is 3. The summed E-state index contributed by atoms with van der Waals surface area (Å²) in [6.07, 6.45) is 5.34. The molecule has 178 valence electrons. The number of halogens is 2. The van der Waals surface area contributed by atoms with Crippen molar-refractivity contribution >= 4 is 52.1 Å². The molecule has 9 heteroatoms. The zero-order valence-electron chi connectivity index (χ0n) is 19.1. The number of fused-ring (bicyclic) bond motifs is 1. The quantitative estimate of drug-likeness (QED) is 0.447. The first kappa shape index (κ1) is 23.6. The Balaban J connectivity index is 1.61. The van der Waals surface area contributed by atoms with E-state index >= 15 is 0 Å². The van der Waals surface area contributed by atoms with Gasteiger partial charge in [-0.15, -0.1) is 0 Å². The SMILES string of the molecule is CC1CCCC(C)N1NC(=O)c1nn(-c2ccc(Cl)cc2Cl)c2c1COCC2=Cc1ccsc1. The minimum absolute atomic E-state index is 0.235. The van der Waals surface area contributed by atoms with Gasteiger partial charge in [0.05, 0.1) is 29.6 Å². The Morgan fingerprint density at radius 1 is 1.21 bits per heavy atom. The van der Waals surface area contributed by atoms with Crippen molar-refractivity contribution in [2.45, 2.75) is 51.8 Å². The number of rotatable bonds is 4. The van der Waals surface area contributed by atoms with Gasteiger partial charge in [0, 0.05) is 28.2 Å². The Hall–Kier alpha value is -2.16. The van der Waals surface area contributed by atoms with Crippen LogP contribution in [0.1, 0.15) is 60.4 Å². The smallest absolute Gasteiger partial charge is 0.286 e. The Kier molecular flexibility index (Phi) is 6.82. The van der Waals surface area contributed by atoms with Gasteiger partial charge in [-0.05, 0) is 73.4 Å². The summed E-state index contributed by atoms with van der Waals surface area (Å²) < 4.78 is 7.67. The summed E-state index contributed by atoms with van der Waals surface area (Å²) in [5.41, 5.74) is 7.76. The maximum atomic E-state index is 13.5. The van der Waals surface area contributed by atoms with E-state index < -0.39 is 0 Å². The van der Waals surface area contributed by atoms with Gasteiger partial charge in [0.15, 0.2) is 5.69 Å². The van der Waals surface area contributed by atoms with Gasteiger partial charge >= 0.3 is 0 Å². The summed E-state index contributed by atoms with van der Waals surface area (Å²) in [5, 5.41) is 11.9. The van der Waals surface area contributed by atoms with Crippen LogP contribution in [0.5, 0.6) is 0 Å². The van der Waals surface area contributed by atoms with Crippen molar-refractivity contribution in [3.05, 3.63) is 67.6 Å². The summed E-state index contributed by atoms with van der Waals surface area (Å²) in [5.74, 6) is -0.235. The summed E-state index contributed by atoms with van der Waals surface area (Å²) in [7, 11) is 0. The van der Waals surface area contributed by atoms with Gasteiger partial charge in [0.25, 0.3) is 5.91 Å². The van der Waals surface area contributed by atoms with Crippen molar-refractivity contribution in [1.82, 2.24) is 20.2 Å². The predicted molar refractivity (Wildman–Crippen MR) is 138 cm³/mol. The van der Waals surface area contributed by atoms with Crippen LogP contribution < -0.4 is 5.43 Å². The van der Waals surface area contributed by atoms with Crippen molar-refractivity contribution in [3.63, 3.8) is 0 Å². The number of amides is 1. The number of nitrogens with one attached hydrogen (secondary N) is 1. The Morgan fingerprint density at radius 3 is 2.71 bits per heavy atom. The zero-order valence-corrected chi connectivity index (χ0v) is 21.4. The number of hydrogen-bond donors (Lipinski definition) is 1. The lowest BCUT2D eigenvalue weighted by molar-refractivity contribution is 0.0363. The van der Waals surface area contributed by atoms with Crippen LogP contribution >= 0.6 is 34.5 Å². The molecule has 2 aliphatic rings. The van der Waals surface area contributed by atoms with Crippen molar-refractivity contribution in [3.8, 4) is 5.69 Å². The Labute approximate surface area is 213 Å². The maximum absolute atomic E-state index is 13.5. The van der Waals surface area contributed by atoms with Gasteiger partial charge in [0.1, 0.15) is 0 Å². The molecule has 4 heterocycles. The number of benzene rings is 1. The molecule has 0 saturated carbocycles. The van der Waals surface area contributed by atoms with Gasteiger partial charge in [-0.2, -0.15) is 16.4 Å². The van der Waals surface area contributed by atoms with E-state index in [1.54, 1.807) is 28.2 Å². The average molecular weight is 517 g/mol. The highest BCUT2D eigenvalue weighted by Gasteiger charge is 2.32. The molecule has 1 N–H and O–H groups in total. The molecule has 1 fully saturated rings. The van der Waals surface area contributed by atoms with E-state index in [0.29, 0.717) is 34.6 Å². The molecule has 0 bridgehead atoms. The molecule has 0 radical (unpaired) electrons. The number of thiophene rings is 1. The van der Waals surface area contributed by atoms with Crippen LogP contribution in [-0.4, -0.2) is 39.4 Å². The van der Waals surface area contributed by atoms with Crippen LogP contribution in [-0.2, 0) is 11.3 Å². The number of aromatic nitrogens is 2. The molecule has 1 aromatic carbocycles. The molecule has 0 aliphatic carbocycles. The molecule has 5 rings (SSSR count). The lowest BCUT2D eigenvalue weighted by Gasteiger charge is -2.38. The second-order valence-electron chi connectivity index (χ2n) is 8.88. The average Bonchev–Trinajstić information content (AvgIpc) is 3.45. The monoisotopic (exact) mass is 516 g/mol. The first-order valence-corrected chi connectivity index (χ1v) is 13.1. The summed E-state index contributed by atoms with van der Waals surface area (Å²) in [6.45, 7) is 5.00. The van der Waals surface area contributed by atoms with Gasteiger partial charge in [-0.3, -0.25) is 10.2 Å². The Bertz CT molecular complexity index is 1230. The normalized spacial score (nSPS) is 22.1. The van der Waals surface area contributed by atoms with Crippen LogP contribution in [0.2, 0.25) is 10.0 Å². The molecule has 6 nitrogen and oxygen atoms in total. The third-order valence-corrected chi connectivity index (χ3v) is 7.69. The fourth-order valence-corrected chi connectivity index (χ4v) is 5.84.